The number of primary amides is 1. The van der Waals surface area contributed by atoms with Crippen LogP contribution in [-0.2, 0) is 0 Å². The Labute approximate surface area is 116 Å². The van der Waals surface area contributed by atoms with Crippen molar-refractivity contribution < 1.29 is 9.72 Å². The molecule has 1 aromatic heterocycles. The maximum atomic E-state index is 10.8. The Bertz CT molecular complexity index is 479. The number of amides is 2. The predicted octanol–water partition coefficient (Wildman–Crippen LogP) is 0.892. The van der Waals surface area contributed by atoms with Crippen LogP contribution < -0.4 is 21.7 Å². The van der Waals surface area contributed by atoms with Crippen molar-refractivity contribution in [2.75, 3.05) is 30.3 Å². The second kappa shape index (κ2) is 7.77. The van der Waals surface area contributed by atoms with E-state index in [-0.39, 0.29) is 5.69 Å². The molecular formula is C11H18N6O3. The van der Waals surface area contributed by atoms with Gasteiger partial charge in [-0.3, -0.25) is 10.1 Å². The number of nitrogens with zero attached hydrogens (tertiary/aromatic N) is 2. The first-order valence-corrected chi connectivity index (χ1v) is 6.20. The van der Waals surface area contributed by atoms with Crippen molar-refractivity contribution >= 4 is 23.4 Å². The van der Waals surface area contributed by atoms with Gasteiger partial charge in [-0.1, -0.05) is 6.92 Å². The third-order valence-corrected chi connectivity index (χ3v) is 2.31. The number of nitrogens with one attached hydrogen (secondary N) is 3. The normalized spacial score (nSPS) is 9.85. The molecule has 9 nitrogen and oxygen atoms in total. The summed E-state index contributed by atoms with van der Waals surface area (Å²) in [6.45, 7) is 3.33. The van der Waals surface area contributed by atoms with Crippen molar-refractivity contribution in [1.29, 1.82) is 0 Å². The van der Waals surface area contributed by atoms with Crippen LogP contribution >= 0.6 is 0 Å². The molecule has 0 aliphatic heterocycles. The minimum atomic E-state index is -0.621. The third-order valence-electron chi connectivity index (χ3n) is 2.31. The lowest BCUT2D eigenvalue weighted by Gasteiger charge is -2.09. The molecule has 0 aromatic carbocycles. The van der Waals surface area contributed by atoms with Crippen LogP contribution in [0, 0.1) is 10.1 Å². The Morgan fingerprint density at radius 3 is 2.40 bits per heavy atom. The number of carbonyl (C=O) groups excluding carboxylic acids is 1. The van der Waals surface area contributed by atoms with E-state index < -0.39 is 11.0 Å². The van der Waals surface area contributed by atoms with Gasteiger partial charge >= 0.3 is 6.03 Å². The molecule has 0 saturated carbocycles. The fourth-order valence-corrected chi connectivity index (χ4v) is 1.43. The lowest BCUT2D eigenvalue weighted by Crippen LogP contribution is -2.33. The van der Waals surface area contributed by atoms with Crippen LogP contribution in [0.2, 0.25) is 0 Å². The minimum absolute atomic E-state index is 0.0519. The molecule has 0 aliphatic rings. The first-order valence-electron chi connectivity index (χ1n) is 6.20. The van der Waals surface area contributed by atoms with E-state index in [1.165, 1.54) is 12.1 Å². The summed E-state index contributed by atoms with van der Waals surface area (Å²) in [6.07, 6.45) is 0.885. The molecule has 9 heteroatoms. The molecule has 2 amide bonds. The van der Waals surface area contributed by atoms with Gasteiger partial charge in [-0.15, -0.1) is 0 Å². The zero-order chi connectivity index (χ0) is 15.0. The van der Waals surface area contributed by atoms with Gasteiger partial charge in [0.15, 0.2) is 0 Å². The van der Waals surface area contributed by atoms with Crippen molar-refractivity contribution in [3.05, 3.63) is 22.2 Å². The summed E-state index contributed by atoms with van der Waals surface area (Å²) >= 11 is 0. The number of rotatable bonds is 8. The molecule has 1 heterocycles. The summed E-state index contributed by atoms with van der Waals surface area (Å²) in [7, 11) is 0. The number of hydrogen-bond acceptors (Lipinski definition) is 6. The van der Waals surface area contributed by atoms with E-state index in [9.17, 15) is 14.9 Å². The van der Waals surface area contributed by atoms with Gasteiger partial charge in [-0.25, -0.2) is 9.78 Å². The van der Waals surface area contributed by atoms with Crippen LogP contribution in [0.1, 0.15) is 13.3 Å². The van der Waals surface area contributed by atoms with E-state index in [0.29, 0.717) is 31.3 Å². The molecule has 5 N–H and O–H groups in total. The highest BCUT2D eigenvalue weighted by Crippen LogP contribution is 2.20. The van der Waals surface area contributed by atoms with Gasteiger partial charge < -0.3 is 21.7 Å². The van der Waals surface area contributed by atoms with Gasteiger partial charge in [-0.05, 0) is 6.42 Å². The highest BCUT2D eigenvalue weighted by atomic mass is 16.6. The van der Waals surface area contributed by atoms with Gasteiger partial charge in [0.05, 0.1) is 17.1 Å². The summed E-state index contributed by atoms with van der Waals surface area (Å²) in [5.41, 5.74) is 4.87. The molecule has 0 spiro atoms. The number of aromatic nitrogens is 1. The van der Waals surface area contributed by atoms with Crippen LogP contribution in [-0.4, -0.2) is 35.6 Å². The minimum Gasteiger partial charge on any atom is -0.370 e. The summed E-state index contributed by atoms with van der Waals surface area (Å²) in [5.74, 6) is 0.801. The molecular weight excluding hydrogens is 264 g/mol. The molecule has 1 aromatic rings. The molecule has 0 atom stereocenters. The van der Waals surface area contributed by atoms with E-state index in [4.69, 9.17) is 5.73 Å². The van der Waals surface area contributed by atoms with Crippen LogP contribution in [0.15, 0.2) is 12.1 Å². The number of nitro groups is 1. The van der Waals surface area contributed by atoms with Crippen molar-refractivity contribution in [1.82, 2.24) is 10.3 Å². The Kier molecular flexibility index (Phi) is 6.01. The van der Waals surface area contributed by atoms with Crippen LogP contribution in [0.25, 0.3) is 0 Å². The van der Waals surface area contributed by atoms with Crippen molar-refractivity contribution in [3.8, 4) is 0 Å². The lowest BCUT2D eigenvalue weighted by molar-refractivity contribution is -0.384. The average molecular weight is 282 g/mol. The van der Waals surface area contributed by atoms with E-state index in [1.807, 2.05) is 6.92 Å². The molecule has 110 valence electrons. The number of pyridine rings is 1. The van der Waals surface area contributed by atoms with Gasteiger partial charge in [0.25, 0.3) is 5.69 Å². The molecule has 0 fully saturated rings. The fraction of sp³-hybridized carbons (Fsp3) is 0.455. The molecule has 0 unspecified atom stereocenters. The number of anilines is 2. The van der Waals surface area contributed by atoms with Gasteiger partial charge in [0, 0.05) is 19.6 Å². The Morgan fingerprint density at radius 1 is 1.30 bits per heavy atom. The smallest absolute Gasteiger partial charge is 0.312 e. The standard InChI is InChI=1S/C11H18N6O3/c1-2-3-13-9-6-8(17(19)20)7-10(16-9)14-4-5-15-11(12)18/h6-7H,2-5H2,1H3,(H3,12,15,18)(H2,13,14,16). The second-order valence-corrected chi connectivity index (χ2v) is 4.00. The molecule has 1 rings (SSSR count). The highest BCUT2D eigenvalue weighted by molar-refractivity contribution is 5.71. The van der Waals surface area contributed by atoms with Gasteiger partial charge in [0.1, 0.15) is 11.6 Å². The Hall–Kier alpha value is -2.58. The van der Waals surface area contributed by atoms with Crippen LogP contribution in [0.4, 0.5) is 22.1 Å². The topological polar surface area (TPSA) is 135 Å². The average Bonchev–Trinajstić information content (AvgIpc) is 2.41. The summed E-state index contributed by atoms with van der Waals surface area (Å²) in [5, 5.41) is 19.1. The van der Waals surface area contributed by atoms with Crippen molar-refractivity contribution in [2.45, 2.75) is 13.3 Å². The zero-order valence-corrected chi connectivity index (χ0v) is 11.2. The quantitative estimate of drug-likeness (QED) is 0.317. The van der Waals surface area contributed by atoms with Gasteiger partial charge in [0.2, 0.25) is 0 Å². The lowest BCUT2D eigenvalue weighted by atomic mass is 10.3. The maximum Gasteiger partial charge on any atom is 0.312 e. The molecule has 0 bridgehead atoms. The maximum absolute atomic E-state index is 10.8. The Balaban J connectivity index is 2.70. The first-order chi connectivity index (χ1) is 9.52. The number of nitrogens with two attached hydrogens (primary N) is 1. The first kappa shape index (κ1) is 15.5. The SMILES string of the molecule is CCCNc1cc([N+](=O)[O-])cc(NCCNC(N)=O)n1. The molecule has 0 saturated heterocycles. The number of hydrogen-bond donors (Lipinski definition) is 4. The zero-order valence-electron chi connectivity index (χ0n) is 11.2. The molecule has 0 aliphatic carbocycles. The van der Waals surface area contributed by atoms with E-state index in [0.717, 1.165) is 6.42 Å². The fourth-order valence-electron chi connectivity index (χ4n) is 1.43. The summed E-state index contributed by atoms with van der Waals surface area (Å²) < 4.78 is 0. The van der Waals surface area contributed by atoms with E-state index in [1.54, 1.807) is 0 Å². The second-order valence-electron chi connectivity index (χ2n) is 4.00. The summed E-state index contributed by atoms with van der Waals surface area (Å²) in [4.78, 5) is 25.1. The van der Waals surface area contributed by atoms with E-state index >= 15 is 0 Å². The van der Waals surface area contributed by atoms with Gasteiger partial charge in [-0.2, -0.15) is 0 Å². The van der Waals surface area contributed by atoms with Crippen LogP contribution in [0.5, 0.6) is 0 Å². The van der Waals surface area contributed by atoms with Crippen molar-refractivity contribution in [2.24, 2.45) is 5.73 Å². The van der Waals surface area contributed by atoms with Crippen LogP contribution in [0.3, 0.4) is 0 Å². The molecule has 0 radical (unpaired) electrons. The predicted molar refractivity (Wildman–Crippen MR) is 75.7 cm³/mol. The monoisotopic (exact) mass is 282 g/mol. The number of urea groups is 1. The van der Waals surface area contributed by atoms with Crippen molar-refractivity contribution in [3.63, 3.8) is 0 Å². The highest BCUT2D eigenvalue weighted by Gasteiger charge is 2.10. The largest absolute Gasteiger partial charge is 0.370 e. The summed E-state index contributed by atoms with van der Waals surface area (Å²) in [6, 6.07) is 2.09. The third kappa shape index (κ3) is 5.38. The van der Waals surface area contributed by atoms with E-state index in [2.05, 4.69) is 20.9 Å². The molecule has 20 heavy (non-hydrogen) atoms. The Morgan fingerprint density at radius 2 is 1.90 bits per heavy atom. The number of carbonyl (C=O) groups is 1.